The van der Waals surface area contributed by atoms with Gasteiger partial charge in [-0.15, -0.1) is 24.8 Å². The zero-order valence-electron chi connectivity index (χ0n) is 9.76. The highest BCUT2D eigenvalue weighted by Crippen LogP contribution is 2.26. The van der Waals surface area contributed by atoms with Crippen molar-refractivity contribution in [3.8, 4) is 0 Å². The van der Waals surface area contributed by atoms with Gasteiger partial charge in [0.15, 0.2) is 0 Å². The quantitative estimate of drug-likeness (QED) is 0.736. The third-order valence-corrected chi connectivity index (χ3v) is 3.36. The highest BCUT2D eigenvalue weighted by molar-refractivity contribution is 5.95. The smallest absolute Gasteiger partial charge is 0.273 e. The summed E-state index contributed by atoms with van der Waals surface area (Å²) in [6, 6.07) is 0.398. The van der Waals surface area contributed by atoms with Gasteiger partial charge in [-0.25, -0.2) is 0 Å². The van der Waals surface area contributed by atoms with Crippen LogP contribution in [-0.4, -0.2) is 60.1 Å². The van der Waals surface area contributed by atoms with Crippen LogP contribution in [0.3, 0.4) is 0 Å². The normalized spacial score (nSPS) is 26.6. The molecule has 1 atom stereocenters. The van der Waals surface area contributed by atoms with Gasteiger partial charge in [-0.2, -0.15) is 0 Å². The Morgan fingerprint density at radius 3 is 2.71 bits per heavy atom. The Hall–Kier alpha value is -0.650. The average Bonchev–Trinajstić information content (AvgIpc) is 2.84. The van der Waals surface area contributed by atoms with Crippen LogP contribution < -0.4 is 5.32 Å². The molecular formula is C10H18Cl2N4O. The van der Waals surface area contributed by atoms with E-state index in [9.17, 15) is 4.79 Å². The van der Waals surface area contributed by atoms with Crippen LogP contribution >= 0.6 is 24.8 Å². The maximum absolute atomic E-state index is 12.1. The largest absolute Gasteiger partial charge is 0.361 e. The number of hydrogen-bond acceptors (Lipinski definition) is 4. The van der Waals surface area contributed by atoms with Crippen LogP contribution in [0.5, 0.6) is 0 Å². The molecule has 0 saturated carbocycles. The van der Waals surface area contributed by atoms with Gasteiger partial charge in [0.1, 0.15) is 5.70 Å². The van der Waals surface area contributed by atoms with Crippen molar-refractivity contribution in [2.45, 2.75) is 12.5 Å². The summed E-state index contributed by atoms with van der Waals surface area (Å²) in [7, 11) is 2.00. The van der Waals surface area contributed by atoms with Crippen LogP contribution in [0.1, 0.15) is 6.42 Å². The molecule has 2 fully saturated rings. The minimum absolute atomic E-state index is 0. The van der Waals surface area contributed by atoms with E-state index in [4.69, 9.17) is 0 Å². The number of halogens is 2. The fraction of sp³-hybridized carbons (Fsp3) is 0.700. The summed E-state index contributed by atoms with van der Waals surface area (Å²) >= 11 is 0. The summed E-state index contributed by atoms with van der Waals surface area (Å²) in [6.45, 7) is 3.59. The van der Waals surface area contributed by atoms with Crippen LogP contribution in [0.4, 0.5) is 0 Å². The number of nitrogens with zero attached hydrogens (tertiary/aromatic N) is 3. The topological polar surface area (TPSA) is 38.8 Å². The Labute approximate surface area is 114 Å². The first-order valence-electron chi connectivity index (χ1n) is 5.44. The molecule has 0 aromatic heterocycles. The summed E-state index contributed by atoms with van der Waals surface area (Å²) in [4.78, 5) is 18.3. The van der Waals surface area contributed by atoms with E-state index in [-0.39, 0.29) is 30.7 Å². The van der Waals surface area contributed by atoms with Gasteiger partial charge >= 0.3 is 0 Å². The van der Waals surface area contributed by atoms with E-state index in [2.05, 4.69) is 15.1 Å². The van der Waals surface area contributed by atoms with E-state index in [1.165, 1.54) is 0 Å². The van der Waals surface area contributed by atoms with Crippen molar-refractivity contribution < 1.29 is 4.79 Å². The monoisotopic (exact) mass is 280 g/mol. The van der Waals surface area contributed by atoms with Gasteiger partial charge in [0.05, 0.1) is 13.3 Å². The van der Waals surface area contributed by atoms with Gasteiger partial charge in [0.2, 0.25) is 0 Å². The lowest BCUT2D eigenvalue weighted by atomic mass is 10.2. The first-order valence-corrected chi connectivity index (χ1v) is 5.44. The third kappa shape index (κ3) is 2.32. The van der Waals surface area contributed by atoms with Crippen molar-refractivity contribution in [3.05, 3.63) is 11.9 Å². The van der Waals surface area contributed by atoms with Crippen LogP contribution in [-0.2, 0) is 4.79 Å². The van der Waals surface area contributed by atoms with Gasteiger partial charge in [-0.3, -0.25) is 4.79 Å². The van der Waals surface area contributed by atoms with E-state index in [0.29, 0.717) is 6.04 Å². The predicted octanol–water partition coefficient (Wildman–Crippen LogP) is 0.0379. The number of rotatable bonds is 1. The summed E-state index contributed by atoms with van der Waals surface area (Å²) in [5, 5.41) is 3.30. The van der Waals surface area contributed by atoms with Gasteiger partial charge in [-0.1, -0.05) is 0 Å². The van der Waals surface area contributed by atoms with Gasteiger partial charge < -0.3 is 20.0 Å². The average molecular weight is 281 g/mol. The van der Waals surface area contributed by atoms with Crippen molar-refractivity contribution in [2.24, 2.45) is 0 Å². The first-order chi connectivity index (χ1) is 7.25. The molecule has 98 valence electrons. The number of fused-ring (bicyclic) bond motifs is 1. The number of nitrogens with one attached hydrogen (secondary N) is 1. The standard InChI is InChI=1S/C10H16N4O.2ClH/c1-12-5-9-10(15)14(7-13(9)6-12)8-2-3-11-4-8;;/h5,8,11H,2-4,6-7H2,1H3;2*1H. The minimum atomic E-state index is 0. The molecule has 3 rings (SSSR count). The number of carbonyl (C=O) groups excluding carboxylic acids is 1. The molecule has 1 amide bonds. The van der Waals surface area contributed by atoms with E-state index in [1.54, 1.807) is 0 Å². The van der Waals surface area contributed by atoms with E-state index >= 15 is 0 Å². The molecule has 0 aromatic carbocycles. The fourth-order valence-electron chi connectivity index (χ4n) is 2.57. The van der Waals surface area contributed by atoms with Gasteiger partial charge in [-0.05, 0) is 13.0 Å². The molecule has 0 bridgehead atoms. The van der Waals surface area contributed by atoms with Crippen molar-refractivity contribution in [1.29, 1.82) is 0 Å². The van der Waals surface area contributed by atoms with Crippen LogP contribution in [0.25, 0.3) is 0 Å². The molecule has 0 radical (unpaired) electrons. The zero-order valence-corrected chi connectivity index (χ0v) is 11.4. The number of hydrogen-bond donors (Lipinski definition) is 1. The minimum Gasteiger partial charge on any atom is -0.361 e. The van der Waals surface area contributed by atoms with Crippen molar-refractivity contribution in [1.82, 2.24) is 20.0 Å². The van der Waals surface area contributed by atoms with Gasteiger partial charge in [0.25, 0.3) is 5.91 Å². The van der Waals surface area contributed by atoms with Crippen molar-refractivity contribution >= 4 is 30.7 Å². The second-order valence-electron chi connectivity index (χ2n) is 4.52. The molecule has 3 heterocycles. The Morgan fingerprint density at radius 2 is 2.12 bits per heavy atom. The lowest BCUT2D eigenvalue weighted by Crippen LogP contribution is -2.40. The zero-order chi connectivity index (χ0) is 10.4. The second-order valence-corrected chi connectivity index (χ2v) is 4.52. The Morgan fingerprint density at radius 1 is 1.35 bits per heavy atom. The molecular weight excluding hydrogens is 263 g/mol. The van der Waals surface area contributed by atoms with Crippen molar-refractivity contribution in [3.63, 3.8) is 0 Å². The maximum atomic E-state index is 12.1. The summed E-state index contributed by atoms with van der Waals surface area (Å²) < 4.78 is 0. The number of amides is 1. The highest BCUT2D eigenvalue weighted by atomic mass is 35.5. The molecule has 3 aliphatic heterocycles. The molecule has 3 aliphatic rings. The van der Waals surface area contributed by atoms with Crippen LogP contribution in [0.2, 0.25) is 0 Å². The van der Waals surface area contributed by atoms with Gasteiger partial charge in [0, 0.05) is 25.8 Å². The Balaban J connectivity index is 0.000000722. The lowest BCUT2D eigenvalue weighted by Gasteiger charge is -2.24. The molecule has 5 nitrogen and oxygen atoms in total. The molecule has 1 N–H and O–H groups in total. The van der Waals surface area contributed by atoms with Crippen LogP contribution in [0.15, 0.2) is 11.9 Å². The summed E-state index contributed by atoms with van der Waals surface area (Å²) in [5.74, 6) is 0.202. The molecule has 0 aromatic rings. The maximum Gasteiger partial charge on any atom is 0.273 e. The molecule has 17 heavy (non-hydrogen) atoms. The second kappa shape index (κ2) is 5.33. The first kappa shape index (κ1) is 14.4. The summed E-state index contributed by atoms with van der Waals surface area (Å²) in [5.41, 5.74) is 0.865. The Kier molecular flexibility index (Phi) is 4.52. The molecule has 0 aliphatic carbocycles. The lowest BCUT2D eigenvalue weighted by molar-refractivity contribution is -0.126. The highest BCUT2D eigenvalue weighted by Gasteiger charge is 2.40. The number of carbonyl (C=O) groups is 1. The molecule has 7 heteroatoms. The van der Waals surface area contributed by atoms with Crippen LogP contribution in [0, 0.1) is 0 Å². The molecule has 2 saturated heterocycles. The third-order valence-electron chi connectivity index (χ3n) is 3.36. The van der Waals surface area contributed by atoms with E-state index in [0.717, 1.165) is 38.5 Å². The van der Waals surface area contributed by atoms with E-state index in [1.807, 2.05) is 18.1 Å². The predicted molar refractivity (Wildman–Crippen MR) is 70.0 cm³/mol. The summed E-state index contributed by atoms with van der Waals surface area (Å²) in [6.07, 6.45) is 3.04. The van der Waals surface area contributed by atoms with Crippen molar-refractivity contribution in [2.75, 3.05) is 33.5 Å². The Bertz CT molecular complexity index is 330. The molecule has 1 unspecified atom stereocenters. The molecule has 0 spiro atoms. The SMILES string of the molecule is CN1C=C2C(=O)N(C3CCNC3)CN2C1.Cl.Cl. The van der Waals surface area contributed by atoms with E-state index < -0.39 is 0 Å². The fourth-order valence-corrected chi connectivity index (χ4v) is 2.57.